The molecule has 2 bridgehead atoms. The van der Waals surface area contributed by atoms with Crippen molar-refractivity contribution in [1.82, 2.24) is 15.1 Å². The summed E-state index contributed by atoms with van der Waals surface area (Å²) in [4.78, 5) is 42.2. The maximum atomic E-state index is 13.4. The van der Waals surface area contributed by atoms with Crippen LogP contribution in [-0.4, -0.2) is 83.0 Å². The average Bonchev–Trinajstić information content (AvgIpc) is 3.53. The normalized spacial score (nSPS) is 24.9. The Balaban J connectivity index is 1.54. The number of aryl methyl sites for hydroxylation is 1. The van der Waals surface area contributed by atoms with Gasteiger partial charge in [-0.2, -0.15) is 0 Å². The third kappa shape index (κ3) is 5.30. The molecule has 4 aliphatic heterocycles. The minimum Gasteiger partial charge on any atom is -0.504 e. The first-order valence-corrected chi connectivity index (χ1v) is 16.5. The lowest BCUT2D eigenvalue weighted by atomic mass is 9.73. The van der Waals surface area contributed by atoms with E-state index < -0.39 is 30.2 Å². The maximum absolute atomic E-state index is 13.4. The van der Waals surface area contributed by atoms with Crippen molar-refractivity contribution in [1.29, 1.82) is 0 Å². The second-order valence-electron chi connectivity index (χ2n) is 13.1. The molecular formula is C35H45N3O9. The minimum absolute atomic E-state index is 0.00339. The van der Waals surface area contributed by atoms with E-state index in [4.69, 9.17) is 18.9 Å². The van der Waals surface area contributed by atoms with Crippen LogP contribution in [0.3, 0.4) is 0 Å². The molecule has 6 atom stereocenters. The van der Waals surface area contributed by atoms with Crippen molar-refractivity contribution < 1.29 is 43.5 Å². The summed E-state index contributed by atoms with van der Waals surface area (Å²) in [5.41, 5.74) is 4.54. The van der Waals surface area contributed by atoms with Gasteiger partial charge in [-0.1, -0.05) is 26.8 Å². The number of esters is 1. The SMILES string of the molecule is CCC(=O)C[C@@H](C)C(=O)NC[C@H]1c2c(c(OC(C)=O)c(C)c3c2OCO3)CC2[C@H]3c4c(cc(C)c(OC)c4O)C[C@@H]([C@H](O)N21)N3CC. The number of Topliss-reactive ketones (excluding diaryl/α,β-unsaturated/α-hetero) is 1. The molecule has 1 saturated heterocycles. The molecule has 47 heavy (non-hydrogen) atoms. The Morgan fingerprint density at radius 1 is 1.09 bits per heavy atom. The summed E-state index contributed by atoms with van der Waals surface area (Å²) >= 11 is 0. The summed E-state index contributed by atoms with van der Waals surface area (Å²) in [5, 5.41) is 27.1. The van der Waals surface area contributed by atoms with Crippen LogP contribution < -0.4 is 24.3 Å². The maximum Gasteiger partial charge on any atom is 0.308 e. The van der Waals surface area contributed by atoms with Crippen LogP contribution in [0.5, 0.6) is 28.7 Å². The molecule has 0 saturated carbocycles. The number of fused-ring (bicyclic) bond motifs is 9. The quantitative estimate of drug-likeness (QED) is 0.271. The molecule has 4 aliphatic rings. The number of ether oxygens (including phenoxy) is 4. The van der Waals surface area contributed by atoms with Crippen LogP contribution in [0.4, 0.5) is 0 Å². The fraction of sp³-hybridized carbons (Fsp3) is 0.571. The van der Waals surface area contributed by atoms with Crippen LogP contribution in [0, 0.1) is 19.8 Å². The minimum atomic E-state index is -0.959. The summed E-state index contributed by atoms with van der Waals surface area (Å²) in [6.07, 6.45) is 0.371. The van der Waals surface area contributed by atoms with E-state index in [0.29, 0.717) is 59.9 Å². The van der Waals surface area contributed by atoms with Gasteiger partial charge in [0.15, 0.2) is 23.0 Å². The number of nitrogens with one attached hydrogen (secondary N) is 1. The molecule has 0 aliphatic carbocycles. The third-order valence-corrected chi connectivity index (χ3v) is 10.4. The zero-order valence-electron chi connectivity index (χ0n) is 28.1. The molecule has 0 radical (unpaired) electrons. The Kier molecular flexibility index (Phi) is 8.88. The van der Waals surface area contributed by atoms with Gasteiger partial charge < -0.3 is 34.5 Å². The number of amides is 1. The molecule has 6 rings (SSSR count). The number of aromatic hydroxyl groups is 1. The molecule has 12 heteroatoms. The highest BCUT2D eigenvalue weighted by Gasteiger charge is 2.57. The number of aliphatic hydroxyl groups is 1. The smallest absolute Gasteiger partial charge is 0.308 e. The number of piperazine rings is 1. The molecular weight excluding hydrogens is 606 g/mol. The summed E-state index contributed by atoms with van der Waals surface area (Å²) in [5.74, 6) is 0.510. The highest BCUT2D eigenvalue weighted by Crippen LogP contribution is 2.58. The number of carbonyl (C=O) groups is 3. The van der Waals surface area contributed by atoms with Crippen molar-refractivity contribution in [2.24, 2.45) is 5.92 Å². The predicted octanol–water partition coefficient (Wildman–Crippen LogP) is 3.38. The Morgan fingerprint density at radius 3 is 2.47 bits per heavy atom. The van der Waals surface area contributed by atoms with Crippen LogP contribution >= 0.6 is 0 Å². The lowest BCUT2D eigenvalue weighted by Gasteiger charge is -2.60. The van der Waals surface area contributed by atoms with Crippen LogP contribution in [0.2, 0.25) is 0 Å². The number of rotatable bonds is 9. The van der Waals surface area contributed by atoms with Gasteiger partial charge in [0.25, 0.3) is 0 Å². The Morgan fingerprint density at radius 2 is 1.81 bits per heavy atom. The van der Waals surface area contributed by atoms with Crippen LogP contribution in [-0.2, 0) is 27.2 Å². The number of methoxy groups -OCH3 is 1. The van der Waals surface area contributed by atoms with Gasteiger partial charge in [-0.25, -0.2) is 0 Å². The zero-order valence-corrected chi connectivity index (χ0v) is 28.1. The molecule has 0 spiro atoms. The van der Waals surface area contributed by atoms with Crippen molar-refractivity contribution in [2.45, 2.75) is 97.6 Å². The number of phenolic OH excluding ortho intramolecular Hbond substituents is 1. The Labute approximate surface area is 274 Å². The van der Waals surface area contributed by atoms with E-state index in [1.54, 1.807) is 13.8 Å². The Hall–Kier alpha value is -3.87. The number of hydrogen-bond acceptors (Lipinski definition) is 11. The van der Waals surface area contributed by atoms with Crippen molar-refractivity contribution in [2.75, 3.05) is 27.0 Å². The standard InChI is InChI=1S/C35H45N3O9/c1-8-21(40)11-17(4)34(42)36-14-25-27-22(31(47-19(6)39)18(5)32-33(27)46-15-45-32)13-23-28-26-20(10-16(3)30(44-7)29(26)41)12-24(37(28)9-2)35(43)38(23)25/h10,17,23-25,28,35,41,43H,8-9,11-15H2,1-7H3,(H,36,42)/t17-,23?,24+,25+,28+,35+/m1/s1. The summed E-state index contributed by atoms with van der Waals surface area (Å²) in [6.45, 7) is 11.3. The second-order valence-corrected chi connectivity index (χ2v) is 13.1. The van der Waals surface area contributed by atoms with Gasteiger partial charge in [0, 0.05) is 60.5 Å². The van der Waals surface area contributed by atoms with Crippen molar-refractivity contribution in [3.05, 3.63) is 39.4 Å². The molecule has 12 nitrogen and oxygen atoms in total. The number of carbonyl (C=O) groups excluding carboxylic acids is 3. The van der Waals surface area contributed by atoms with Crippen molar-refractivity contribution in [3.63, 3.8) is 0 Å². The monoisotopic (exact) mass is 651 g/mol. The topological polar surface area (TPSA) is 147 Å². The number of aliphatic hydroxyl groups excluding tert-OH is 1. The summed E-state index contributed by atoms with van der Waals surface area (Å²) in [7, 11) is 1.54. The molecule has 1 amide bonds. The van der Waals surface area contributed by atoms with E-state index in [-0.39, 0.29) is 49.3 Å². The fourth-order valence-electron chi connectivity index (χ4n) is 8.35. The largest absolute Gasteiger partial charge is 0.504 e. The number of hydrogen-bond donors (Lipinski definition) is 3. The number of ketones is 1. The number of nitrogens with zero attached hydrogens (tertiary/aromatic N) is 2. The Bertz CT molecular complexity index is 1620. The molecule has 0 aromatic heterocycles. The molecule has 2 aromatic rings. The lowest BCUT2D eigenvalue weighted by Crippen LogP contribution is -2.70. The molecule has 4 heterocycles. The molecule has 1 fully saturated rings. The van der Waals surface area contributed by atoms with E-state index in [0.717, 1.165) is 22.3 Å². The van der Waals surface area contributed by atoms with Gasteiger partial charge in [-0.05, 0) is 44.4 Å². The molecule has 2 aromatic carbocycles. The molecule has 254 valence electrons. The van der Waals surface area contributed by atoms with Gasteiger partial charge >= 0.3 is 5.97 Å². The second kappa shape index (κ2) is 12.6. The van der Waals surface area contributed by atoms with E-state index >= 15 is 0 Å². The number of phenols is 1. The third-order valence-electron chi connectivity index (χ3n) is 10.4. The van der Waals surface area contributed by atoms with E-state index in [1.165, 1.54) is 14.0 Å². The number of likely N-dealkylation sites (N-methyl/N-ethyl adjacent to an activating group) is 1. The van der Waals surface area contributed by atoms with Gasteiger partial charge in [0.05, 0.1) is 25.2 Å². The van der Waals surface area contributed by atoms with Gasteiger partial charge in [-0.3, -0.25) is 24.2 Å². The van der Waals surface area contributed by atoms with Crippen LogP contribution in [0.15, 0.2) is 6.07 Å². The molecule has 3 N–H and O–H groups in total. The average molecular weight is 652 g/mol. The van der Waals surface area contributed by atoms with Crippen LogP contribution in [0.1, 0.15) is 86.0 Å². The first-order valence-electron chi connectivity index (χ1n) is 16.5. The zero-order chi connectivity index (χ0) is 33.9. The first kappa shape index (κ1) is 33.0. The molecule has 1 unspecified atom stereocenters. The van der Waals surface area contributed by atoms with Crippen molar-refractivity contribution in [3.8, 4) is 28.7 Å². The van der Waals surface area contributed by atoms with Gasteiger partial charge in [0.1, 0.15) is 17.8 Å². The summed E-state index contributed by atoms with van der Waals surface area (Å²) in [6, 6.07) is 0.312. The number of benzene rings is 2. The first-order chi connectivity index (χ1) is 22.4. The summed E-state index contributed by atoms with van der Waals surface area (Å²) < 4.78 is 23.5. The highest BCUT2D eigenvalue weighted by molar-refractivity contribution is 5.86. The highest BCUT2D eigenvalue weighted by atomic mass is 16.7. The predicted molar refractivity (Wildman–Crippen MR) is 171 cm³/mol. The van der Waals surface area contributed by atoms with Gasteiger partial charge in [0.2, 0.25) is 12.7 Å². The van der Waals surface area contributed by atoms with Crippen molar-refractivity contribution >= 4 is 17.7 Å². The lowest BCUT2D eigenvalue weighted by molar-refractivity contribution is -0.178. The van der Waals surface area contributed by atoms with E-state index in [1.807, 2.05) is 31.7 Å². The van der Waals surface area contributed by atoms with E-state index in [9.17, 15) is 24.6 Å². The van der Waals surface area contributed by atoms with E-state index in [2.05, 4.69) is 10.2 Å². The van der Waals surface area contributed by atoms with Crippen LogP contribution in [0.25, 0.3) is 0 Å². The van der Waals surface area contributed by atoms with Gasteiger partial charge in [-0.15, -0.1) is 0 Å². The fourth-order valence-corrected chi connectivity index (χ4v) is 8.35.